The van der Waals surface area contributed by atoms with Crippen LogP contribution in [0.5, 0.6) is 0 Å². The number of nitrogens with zero attached hydrogens (tertiary/aromatic N) is 1. The molecule has 2 amide bonds. The monoisotopic (exact) mass is 304 g/mol. The second-order valence-electron chi connectivity index (χ2n) is 6.21. The Hall–Kier alpha value is -1.55. The summed E-state index contributed by atoms with van der Waals surface area (Å²) in [6, 6.07) is 10.5. The third-order valence-electron chi connectivity index (χ3n) is 4.69. The molecule has 1 saturated carbocycles. The Labute approximate surface area is 133 Å². The molecule has 1 unspecified atom stereocenters. The molecule has 1 atom stereocenters. The van der Waals surface area contributed by atoms with Crippen molar-refractivity contribution in [2.24, 2.45) is 0 Å². The van der Waals surface area contributed by atoms with E-state index in [0.717, 1.165) is 18.4 Å². The number of benzene rings is 1. The van der Waals surface area contributed by atoms with Crippen LogP contribution in [-0.2, 0) is 0 Å². The fourth-order valence-corrected chi connectivity index (χ4v) is 3.24. The lowest BCUT2D eigenvalue weighted by molar-refractivity contribution is 0.172. The lowest BCUT2D eigenvalue weighted by Crippen LogP contribution is -2.45. The third-order valence-corrected chi connectivity index (χ3v) is 4.69. The van der Waals surface area contributed by atoms with Crippen LogP contribution in [-0.4, -0.2) is 42.3 Å². The predicted octanol–water partition coefficient (Wildman–Crippen LogP) is 3.13. The molecule has 22 heavy (non-hydrogen) atoms. The van der Waals surface area contributed by atoms with Crippen LogP contribution in [0.1, 0.15) is 50.0 Å². The fraction of sp³-hybridized carbons (Fsp3) is 0.611. The van der Waals surface area contributed by atoms with Crippen LogP contribution in [0, 0.1) is 0 Å². The van der Waals surface area contributed by atoms with Crippen molar-refractivity contribution in [3.05, 3.63) is 35.9 Å². The van der Waals surface area contributed by atoms with Gasteiger partial charge in [0.1, 0.15) is 0 Å². The maximum atomic E-state index is 12.3. The van der Waals surface area contributed by atoms with Crippen molar-refractivity contribution in [2.75, 3.05) is 20.2 Å². The third kappa shape index (κ3) is 4.73. The van der Waals surface area contributed by atoms with E-state index in [1.54, 1.807) is 0 Å². The van der Waals surface area contributed by atoms with E-state index in [1.807, 2.05) is 30.1 Å². The van der Waals surface area contributed by atoms with E-state index >= 15 is 0 Å². The molecule has 0 aromatic heterocycles. The Bertz CT molecular complexity index is 444. The van der Waals surface area contributed by atoms with Crippen LogP contribution in [0.4, 0.5) is 4.79 Å². The molecular formula is C18H28N2O2. The largest absolute Gasteiger partial charge is 0.396 e. The first-order valence-electron chi connectivity index (χ1n) is 8.39. The summed E-state index contributed by atoms with van der Waals surface area (Å²) in [4.78, 5) is 14.2. The SMILES string of the molecule is CN(C(=O)NCC(CCO)c1ccccc1)C1CCCCC1. The summed E-state index contributed by atoms with van der Waals surface area (Å²) in [5.74, 6) is 0.162. The molecule has 0 aliphatic heterocycles. The number of hydrogen-bond acceptors (Lipinski definition) is 2. The Balaban J connectivity index is 1.87. The molecule has 1 aromatic rings. The zero-order valence-corrected chi connectivity index (χ0v) is 13.5. The van der Waals surface area contributed by atoms with Crippen LogP contribution < -0.4 is 5.32 Å². The van der Waals surface area contributed by atoms with Gasteiger partial charge in [-0.1, -0.05) is 49.6 Å². The first-order valence-corrected chi connectivity index (χ1v) is 8.39. The summed E-state index contributed by atoms with van der Waals surface area (Å²) >= 11 is 0. The molecule has 0 saturated heterocycles. The van der Waals surface area contributed by atoms with Crippen LogP contribution >= 0.6 is 0 Å². The van der Waals surface area contributed by atoms with E-state index in [2.05, 4.69) is 17.4 Å². The maximum absolute atomic E-state index is 12.3. The first kappa shape index (κ1) is 16.8. The zero-order valence-electron chi connectivity index (χ0n) is 13.5. The zero-order chi connectivity index (χ0) is 15.8. The number of hydrogen-bond donors (Lipinski definition) is 2. The van der Waals surface area contributed by atoms with E-state index in [0.29, 0.717) is 19.0 Å². The number of rotatable bonds is 6. The summed E-state index contributed by atoms with van der Waals surface area (Å²) in [5, 5.41) is 12.3. The molecule has 0 heterocycles. The summed E-state index contributed by atoms with van der Waals surface area (Å²) < 4.78 is 0. The molecular weight excluding hydrogens is 276 g/mol. The molecule has 1 aromatic carbocycles. The van der Waals surface area contributed by atoms with E-state index in [-0.39, 0.29) is 18.6 Å². The number of urea groups is 1. The molecule has 0 spiro atoms. The van der Waals surface area contributed by atoms with Crippen molar-refractivity contribution in [1.29, 1.82) is 0 Å². The number of carbonyl (C=O) groups is 1. The van der Waals surface area contributed by atoms with Gasteiger partial charge in [0.2, 0.25) is 0 Å². The Morgan fingerprint density at radius 3 is 2.59 bits per heavy atom. The lowest BCUT2D eigenvalue weighted by atomic mass is 9.94. The van der Waals surface area contributed by atoms with Crippen LogP contribution in [0.2, 0.25) is 0 Å². The van der Waals surface area contributed by atoms with Crippen molar-refractivity contribution in [2.45, 2.75) is 50.5 Å². The minimum Gasteiger partial charge on any atom is -0.396 e. The summed E-state index contributed by atoms with van der Waals surface area (Å²) in [7, 11) is 1.90. The van der Waals surface area contributed by atoms with Gasteiger partial charge in [0.15, 0.2) is 0 Å². The van der Waals surface area contributed by atoms with Crippen LogP contribution in [0.3, 0.4) is 0 Å². The summed E-state index contributed by atoms with van der Waals surface area (Å²) in [6.45, 7) is 0.703. The number of aliphatic hydroxyl groups excluding tert-OH is 1. The van der Waals surface area contributed by atoms with Crippen molar-refractivity contribution < 1.29 is 9.90 Å². The molecule has 1 fully saturated rings. The normalized spacial score (nSPS) is 17.0. The van der Waals surface area contributed by atoms with Gasteiger partial charge in [-0.05, 0) is 24.8 Å². The highest BCUT2D eigenvalue weighted by Crippen LogP contribution is 2.22. The summed E-state index contributed by atoms with van der Waals surface area (Å²) in [5.41, 5.74) is 1.16. The maximum Gasteiger partial charge on any atom is 0.317 e. The average molecular weight is 304 g/mol. The number of aliphatic hydroxyl groups is 1. The van der Waals surface area contributed by atoms with Gasteiger partial charge in [0, 0.05) is 32.2 Å². The van der Waals surface area contributed by atoms with Gasteiger partial charge in [0.05, 0.1) is 0 Å². The van der Waals surface area contributed by atoms with Gasteiger partial charge >= 0.3 is 6.03 Å². The molecule has 0 bridgehead atoms. The quantitative estimate of drug-likeness (QED) is 0.848. The molecule has 0 radical (unpaired) electrons. The van der Waals surface area contributed by atoms with Crippen molar-refractivity contribution in [1.82, 2.24) is 10.2 Å². The Kier molecular flexibility index (Phi) is 6.72. The molecule has 2 rings (SSSR count). The van der Waals surface area contributed by atoms with E-state index in [4.69, 9.17) is 0 Å². The van der Waals surface area contributed by atoms with Gasteiger partial charge in [-0.25, -0.2) is 4.79 Å². The molecule has 4 nitrogen and oxygen atoms in total. The highest BCUT2D eigenvalue weighted by Gasteiger charge is 2.22. The molecule has 2 N–H and O–H groups in total. The van der Waals surface area contributed by atoms with Crippen molar-refractivity contribution in [3.63, 3.8) is 0 Å². The van der Waals surface area contributed by atoms with Crippen molar-refractivity contribution >= 4 is 6.03 Å². The van der Waals surface area contributed by atoms with Gasteiger partial charge in [0.25, 0.3) is 0 Å². The predicted molar refractivity (Wildman–Crippen MR) is 88.9 cm³/mol. The van der Waals surface area contributed by atoms with Crippen LogP contribution in [0.25, 0.3) is 0 Å². The summed E-state index contributed by atoms with van der Waals surface area (Å²) in [6.07, 6.45) is 6.63. The minimum absolute atomic E-state index is 0.00534. The van der Waals surface area contributed by atoms with Gasteiger partial charge in [-0.2, -0.15) is 0 Å². The second kappa shape index (κ2) is 8.79. The van der Waals surface area contributed by atoms with Gasteiger partial charge in [-0.3, -0.25) is 0 Å². The number of amides is 2. The fourth-order valence-electron chi connectivity index (χ4n) is 3.24. The molecule has 1 aliphatic rings. The Morgan fingerprint density at radius 2 is 1.95 bits per heavy atom. The van der Waals surface area contributed by atoms with Crippen molar-refractivity contribution in [3.8, 4) is 0 Å². The van der Waals surface area contributed by atoms with Crippen LogP contribution in [0.15, 0.2) is 30.3 Å². The molecule has 4 heteroatoms. The molecule has 1 aliphatic carbocycles. The highest BCUT2D eigenvalue weighted by molar-refractivity contribution is 5.74. The second-order valence-corrected chi connectivity index (χ2v) is 6.21. The van der Waals surface area contributed by atoms with E-state index in [9.17, 15) is 9.90 Å². The minimum atomic E-state index is 0.00534. The average Bonchev–Trinajstić information content (AvgIpc) is 2.59. The molecule has 122 valence electrons. The van der Waals surface area contributed by atoms with E-state index < -0.39 is 0 Å². The Morgan fingerprint density at radius 1 is 1.27 bits per heavy atom. The topological polar surface area (TPSA) is 52.6 Å². The van der Waals surface area contributed by atoms with Gasteiger partial charge in [-0.15, -0.1) is 0 Å². The number of carbonyl (C=O) groups excluding carboxylic acids is 1. The van der Waals surface area contributed by atoms with E-state index in [1.165, 1.54) is 19.3 Å². The smallest absolute Gasteiger partial charge is 0.317 e. The highest BCUT2D eigenvalue weighted by atomic mass is 16.3. The van der Waals surface area contributed by atoms with Gasteiger partial charge < -0.3 is 15.3 Å². The standard InChI is InChI=1S/C18H28N2O2/c1-20(17-10-6-3-7-11-17)18(22)19-14-16(12-13-21)15-8-4-2-5-9-15/h2,4-5,8-9,16-17,21H,3,6-7,10-14H2,1H3,(H,19,22). The first-order chi connectivity index (χ1) is 10.7. The lowest BCUT2D eigenvalue weighted by Gasteiger charge is -2.31. The number of nitrogens with one attached hydrogen (secondary N) is 1.